The van der Waals surface area contributed by atoms with Crippen LogP contribution in [0.1, 0.15) is 18.1 Å². The second-order valence-corrected chi connectivity index (χ2v) is 3.12. The molecule has 0 saturated heterocycles. The summed E-state index contributed by atoms with van der Waals surface area (Å²) in [6, 6.07) is 6.35. The monoisotopic (exact) mass is 185 g/mol. The van der Waals surface area contributed by atoms with Gasteiger partial charge in [-0.05, 0) is 12.6 Å². The van der Waals surface area contributed by atoms with Gasteiger partial charge in [-0.3, -0.25) is 0 Å². The highest BCUT2D eigenvalue weighted by molar-refractivity contribution is 5.25. The summed E-state index contributed by atoms with van der Waals surface area (Å²) >= 11 is 0. The maximum atomic E-state index is 12.8. The van der Waals surface area contributed by atoms with Crippen LogP contribution < -0.4 is 5.32 Å². The third kappa shape index (κ3) is 2.77. The van der Waals surface area contributed by atoms with E-state index in [1.807, 2.05) is 7.05 Å². The first-order valence-electron chi connectivity index (χ1n) is 4.16. The number of benzene rings is 1. The summed E-state index contributed by atoms with van der Waals surface area (Å²) in [5.41, 5.74) is 1.07. The summed E-state index contributed by atoms with van der Waals surface area (Å²) in [5.74, 6) is -2.74. The highest BCUT2D eigenvalue weighted by Gasteiger charge is 2.23. The molecule has 1 aromatic carbocycles. The normalized spacial score (nSPS) is 11.7. The second kappa shape index (κ2) is 3.83. The Bertz CT molecular complexity index is 261. The fourth-order valence-electron chi connectivity index (χ4n) is 1.12. The number of hydrogen-bond acceptors (Lipinski definition) is 1. The number of halogens is 2. The molecule has 0 aliphatic heterocycles. The van der Waals surface area contributed by atoms with Crippen LogP contribution in [0.5, 0.6) is 0 Å². The van der Waals surface area contributed by atoms with Gasteiger partial charge in [-0.15, -0.1) is 0 Å². The predicted molar refractivity (Wildman–Crippen MR) is 48.8 cm³/mol. The van der Waals surface area contributed by atoms with E-state index in [4.69, 9.17) is 0 Å². The van der Waals surface area contributed by atoms with Crippen LogP contribution in [0.4, 0.5) is 8.78 Å². The fraction of sp³-hybridized carbons (Fsp3) is 0.400. The molecule has 13 heavy (non-hydrogen) atoms. The van der Waals surface area contributed by atoms with E-state index in [1.54, 1.807) is 12.1 Å². The Morgan fingerprint density at radius 2 is 1.77 bits per heavy atom. The smallest absolute Gasteiger partial charge is 0.270 e. The highest BCUT2D eigenvalue weighted by atomic mass is 19.3. The summed E-state index contributed by atoms with van der Waals surface area (Å²) in [6.07, 6.45) is 0. The van der Waals surface area contributed by atoms with Crippen LogP contribution in [0, 0.1) is 0 Å². The van der Waals surface area contributed by atoms with Gasteiger partial charge < -0.3 is 5.32 Å². The lowest BCUT2D eigenvalue weighted by molar-refractivity contribution is 0.0174. The molecule has 72 valence electrons. The van der Waals surface area contributed by atoms with Crippen LogP contribution in [0.25, 0.3) is 0 Å². The van der Waals surface area contributed by atoms with Crippen LogP contribution in [0.2, 0.25) is 0 Å². The van der Waals surface area contributed by atoms with Gasteiger partial charge in [0.2, 0.25) is 0 Å². The fourth-order valence-corrected chi connectivity index (χ4v) is 1.12. The van der Waals surface area contributed by atoms with Crippen LogP contribution in [0.15, 0.2) is 24.3 Å². The van der Waals surface area contributed by atoms with Gasteiger partial charge in [-0.2, -0.15) is 0 Å². The molecule has 0 heterocycles. The molecule has 1 rings (SSSR count). The number of rotatable bonds is 3. The molecule has 0 radical (unpaired) electrons. The van der Waals surface area contributed by atoms with E-state index in [-0.39, 0.29) is 5.56 Å². The van der Waals surface area contributed by atoms with Gasteiger partial charge in [0.15, 0.2) is 0 Å². The van der Waals surface area contributed by atoms with Gasteiger partial charge in [-0.1, -0.05) is 24.3 Å². The Kier molecular flexibility index (Phi) is 2.98. The Morgan fingerprint density at radius 3 is 2.15 bits per heavy atom. The van der Waals surface area contributed by atoms with Gasteiger partial charge in [0, 0.05) is 19.0 Å². The zero-order chi connectivity index (χ0) is 9.90. The molecule has 0 spiro atoms. The van der Waals surface area contributed by atoms with Crippen molar-refractivity contribution in [1.82, 2.24) is 5.32 Å². The van der Waals surface area contributed by atoms with Gasteiger partial charge in [0.1, 0.15) is 0 Å². The molecule has 0 aromatic heterocycles. The molecule has 1 N–H and O–H groups in total. The van der Waals surface area contributed by atoms with Crippen molar-refractivity contribution in [2.45, 2.75) is 19.4 Å². The van der Waals surface area contributed by atoms with Gasteiger partial charge in [-0.25, -0.2) is 8.78 Å². The van der Waals surface area contributed by atoms with Crippen LogP contribution in [0.3, 0.4) is 0 Å². The Labute approximate surface area is 76.8 Å². The summed E-state index contributed by atoms with van der Waals surface area (Å²) in [6.45, 7) is 1.61. The minimum absolute atomic E-state index is 0.0624. The van der Waals surface area contributed by atoms with Crippen molar-refractivity contribution in [2.24, 2.45) is 0 Å². The third-order valence-electron chi connectivity index (χ3n) is 1.84. The number of nitrogens with one attached hydrogen (secondary N) is 1. The highest BCUT2D eigenvalue weighted by Crippen LogP contribution is 2.26. The standard InChI is InChI=1S/C10H13F2N/c1-10(11,12)9-5-3-8(4-6-9)7-13-2/h3-6,13H,7H2,1-2H3. The first-order valence-corrected chi connectivity index (χ1v) is 4.16. The van der Waals surface area contributed by atoms with E-state index >= 15 is 0 Å². The quantitative estimate of drug-likeness (QED) is 0.763. The minimum Gasteiger partial charge on any atom is -0.316 e. The third-order valence-corrected chi connectivity index (χ3v) is 1.84. The van der Waals surface area contributed by atoms with Crippen molar-refractivity contribution in [3.05, 3.63) is 35.4 Å². The molecule has 1 aromatic rings. The minimum atomic E-state index is -2.74. The zero-order valence-corrected chi connectivity index (χ0v) is 7.77. The van der Waals surface area contributed by atoms with Crippen molar-refractivity contribution in [3.63, 3.8) is 0 Å². The predicted octanol–water partition coefficient (Wildman–Crippen LogP) is 2.52. The Balaban J connectivity index is 2.81. The molecule has 0 atom stereocenters. The second-order valence-electron chi connectivity index (χ2n) is 3.12. The maximum Gasteiger partial charge on any atom is 0.270 e. The van der Waals surface area contributed by atoms with Crippen molar-refractivity contribution < 1.29 is 8.78 Å². The SMILES string of the molecule is CNCc1ccc(C(C)(F)F)cc1. The molecule has 0 unspecified atom stereocenters. The largest absolute Gasteiger partial charge is 0.316 e. The summed E-state index contributed by atoms with van der Waals surface area (Å²) in [7, 11) is 1.82. The first kappa shape index (κ1) is 10.1. The van der Waals surface area contributed by atoms with Crippen molar-refractivity contribution in [2.75, 3.05) is 7.05 Å². The lowest BCUT2D eigenvalue weighted by atomic mass is 10.1. The maximum absolute atomic E-state index is 12.8. The average Bonchev–Trinajstić information content (AvgIpc) is 2.04. The first-order chi connectivity index (χ1) is 6.04. The van der Waals surface area contributed by atoms with Crippen molar-refractivity contribution in [3.8, 4) is 0 Å². The topological polar surface area (TPSA) is 12.0 Å². The number of alkyl halides is 2. The lowest BCUT2D eigenvalue weighted by Gasteiger charge is -2.10. The molecule has 0 bridgehead atoms. The van der Waals surface area contributed by atoms with E-state index in [2.05, 4.69) is 5.32 Å². The molecule has 0 aliphatic rings. The molecule has 3 heteroatoms. The van der Waals surface area contributed by atoms with Gasteiger partial charge >= 0.3 is 0 Å². The Hall–Kier alpha value is -0.960. The number of hydrogen-bond donors (Lipinski definition) is 1. The van der Waals surface area contributed by atoms with E-state index in [0.717, 1.165) is 12.5 Å². The van der Waals surface area contributed by atoms with Crippen molar-refractivity contribution >= 4 is 0 Å². The summed E-state index contributed by atoms with van der Waals surface area (Å²) in [5, 5.41) is 2.95. The molecule has 0 fully saturated rings. The van der Waals surface area contributed by atoms with E-state index in [9.17, 15) is 8.78 Å². The summed E-state index contributed by atoms with van der Waals surface area (Å²) < 4.78 is 25.5. The average molecular weight is 185 g/mol. The van der Waals surface area contributed by atoms with Crippen LogP contribution in [-0.2, 0) is 12.5 Å². The lowest BCUT2D eigenvalue weighted by Crippen LogP contribution is -2.08. The molecule has 0 aliphatic carbocycles. The van der Waals surface area contributed by atoms with Gasteiger partial charge in [0.25, 0.3) is 5.92 Å². The molecule has 1 nitrogen and oxygen atoms in total. The molecular formula is C10H13F2N. The van der Waals surface area contributed by atoms with E-state index < -0.39 is 5.92 Å². The molecule has 0 saturated carbocycles. The van der Waals surface area contributed by atoms with E-state index in [1.165, 1.54) is 12.1 Å². The van der Waals surface area contributed by atoms with Gasteiger partial charge in [0.05, 0.1) is 0 Å². The summed E-state index contributed by atoms with van der Waals surface area (Å²) in [4.78, 5) is 0. The van der Waals surface area contributed by atoms with Crippen LogP contribution in [-0.4, -0.2) is 7.05 Å². The zero-order valence-electron chi connectivity index (χ0n) is 7.77. The van der Waals surface area contributed by atoms with Crippen LogP contribution >= 0.6 is 0 Å². The molecule has 0 amide bonds. The van der Waals surface area contributed by atoms with Crippen molar-refractivity contribution in [1.29, 1.82) is 0 Å². The Morgan fingerprint density at radius 1 is 1.23 bits per heavy atom. The van der Waals surface area contributed by atoms with E-state index in [0.29, 0.717) is 6.54 Å². The molecular weight excluding hydrogens is 172 g/mol.